The van der Waals surface area contributed by atoms with Crippen LogP contribution >= 0.6 is 0 Å². The van der Waals surface area contributed by atoms with E-state index in [-0.39, 0.29) is 23.6 Å². The number of hydrogen-bond donors (Lipinski definition) is 1. The van der Waals surface area contributed by atoms with E-state index >= 15 is 0 Å². The summed E-state index contributed by atoms with van der Waals surface area (Å²) in [6.45, 7) is 7.29. The Bertz CT molecular complexity index is 981. The number of ether oxygens (including phenoxy) is 2. The molecule has 2 amide bonds. The first-order valence-corrected chi connectivity index (χ1v) is 11.0. The van der Waals surface area contributed by atoms with Gasteiger partial charge in [-0.3, -0.25) is 9.59 Å². The molecule has 0 radical (unpaired) electrons. The summed E-state index contributed by atoms with van der Waals surface area (Å²) in [5.41, 5.74) is 1.07. The minimum Gasteiger partial charge on any atom is -0.494 e. The molecule has 1 fully saturated rings. The number of rotatable bonds is 7. The molecule has 32 heavy (non-hydrogen) atoms. The fraction of sp³-hybridized carbons (Fsp3) is 0.478. The zero-order chi connectivity index (χ0) is 23.1. The van der Waals surface area contributed by atoms with Crippen LogP contribution in [0.5, 0.6) is 5.75 Å². The molecule has 1 aromatic heterocycles. The number of hydrogen-bond acceptors (Lipinski definition) is 6. The Morgan fingerprint density at radius 1 is 1.09 bits per heavy atom. The number of piperidine rings is 1. The van der Waals surface area contributed by atoms with Gasteiger partial charge in [-0.25, -0.2) is 9.48 Å². The maximum absolute atomic E-state index is 12.8. The molecule has 1 unspecified atom stereocenters. The predicted octanol–water partition coefficient (Wildman–Crippen LogP) is 2.61. The third kappa shape index (κ3) is 5.66. The summed E-state index contributed by atoms with van der Waals surface area (Å²) in [5, 5.41) is 7.40. The van der Waals surface area contributed by atoms with Crippen molar-refractivity contribution in [1.29, 1.82) is 0 Å². The van der Waals surface area contributed by atoms with Gasteiger partial charge in [0.1, 0.15) is 11.8 Å². The van der Waals surface area contributed by atoms with Gasteiger partial charge in [0, 0.05) is 30.8 Å². The number of amides is 2. The lowest BCUT2D eigenvalue weighted by molar-refractivity contribution is -0.125. The number of nitrogens with one attached hydrogen (secondary N) is 1. The van der Waals surface area contributed by atoms with E-state index in [0.717, 1.165) is 11.3 Å². The van der Waals surface area contributed by atoms with Crippen molar-refractivity contribution >= 4 is 12.0 Å². The summed E-state index contributed by atoms with van der Waals surface area (Å²) in [7, 11) is 0. The van der Waals surface area contributed by atoms with Gasteiger partial charge >= 0.3 is 6.09 Å². The summed E-state index contributed by atoms with van der Waals surface area (Å²) in [4.78, 5) is 38.7. The molecule has 9 heteroatoms. The fourth-order valence-electron chi connectivity index (χ4n) is 3.60. The van der Waals surface area contributed by atoms with Crippen LogP contribution in [0.15, 0.2) is 41.2 Å². The molecule has 3 rings (SSSR count). The van der Waals surface area contributed by atoms with Crippen molar-refractivity contribution in [2.24, 2.45) is 0 Å². The molecule has 1 atom stereocenters. The molecule has 1 aliphatic rings. The molecule has 0 bridgehead atoms. The first kappa shape index (κ1) is 23.3. The van der Waals surface area contributed by atoms with Crippen molar-refractivity contribution in [2.75, 3.05) is 26.3 Å². The van der Waals surface area contributed by atoms with Gasteiger partial charge in [0.25, 0.3) is 5.56 Å². The minimum atomic E-state index is -0.770. The van der Waals surface area contributed by atoms with Crippen LogP contribution in [0, 0.1) is 0 Å². The second-order valence-electron chi connectivity index (χ2n) is 7.60. The van der Waals surface area contributed by atoms with Crippen LogP contribution in [0.2, 0.25) is 0 Å². The highest BCUT2D eigenvalue weighted by Gasteiger charge is 2.27. The quantitative estimate of drug-likeness (QED) is 0.707. The Kier molecular flexibility index (Phi) is 7.86. The van der Waals surface area contributed by atoms with Crippen molar-refractivity contribution in [3.63, 3.8) is 0 Å². The smallest absolute Gasteiger partial charge is 0.409 e. The largest absolute Gasteiger partial charge is 0.494 e. The fourth-order valence-corrected chi connectivity index (χ4v) is 3.60. The topological polar surface area (TPSA) is 103 Å². The van der Waals surface area contributed by atoms with Crippen LogP contribution in [0.3, 0.4) is 0 Å². The molecular weight excluding hydrogens is 412 g/mol. The summed E-state index contributed by atoms with van der Waals surface area (Å²) in [5.74, 6) is 0.476. The number of benzene rings is 1. The Hall–Kier alpha value is -3.36. The summed E-state index contributed by atoms with van der Waals surface area (Å²) < 4.78 is 11.7. The van der Waals surface area contributed by atoms with Crippen LogP contribution in [-0.2, 0) is 9.53 Å². The van der Waals surface area contributed by atoms with E-state index in [1.807, 2.05) is 31.2 Å². The molecule has 1 saturated heterocycles. The van der Waals surface area contributed by atoms with E-state index in [9.17, 15) is 14.4 Å². The number of aromatic nitrogens is 2. The van der Waals surface area contributed by atoms with Crippen LogP contribution in [0.25, 0.3) is 11.3 Å². The Labute approximate surface area is 187 Å². The molecule has 9 nitrogen and oxygen atoms in total. The number of likely N-dealkylation sites (tertiary alicyclic amines) is 1. The van der Waals surface area contributed by atoms with Crippen LogP contribution in [-0.4, -0.2) is 59.0 Å². The van der Waals surface area contributed by atoms with Gasteiger partial charge in [-0.15, -0.1) is 0 Å². The zero-order valence-electron chi connectivity index (χ0n) is 18.7. The Morgan fingerprint density at radius 2 is 1.78 bits per heavy atom. The maximum atomic E-state index is 12.8. The third-order valence-electron chi connectivity index (χ3n) is 5.40. The van der Waals surface area contributed by atoms with Crippen molar-refractivity contribution in [3.8, 4) is 17.0 Å². The van der Waals surface area contributed by atoms with E-state index in [2.05, 4.69) is 10.4 Å². The van der Waals surface area contributed by atoms with Gasteiger partial charge in [0.05, 0.1) is 18.9 Å². The van der Waals surface area contributed by atoms with Crippen LogP contribution < -0.4 is 15.6 Å². The summed E-state index contributed by atoms with van der Waals surface area (Å²) in [6.07, 6.45) is 0.935. The number of carbonyl (C=O) groups excluding carboxylic acids is 2. The van der Waals surface area contributed by atoms with Gasteiger partial charge in [-0.2, -0.15) is 5.10 Å². The first-order valence-electron chi connectivity index (χ1n) is 11.0. The molecule has 1 aliphatic heterocycles. The maximum Gasteiger partial charge on any atom is 0.409 e. The molecule has 0 spiro atoms. The average molecular weight is 443 g/mol. The highest BCUT2D eigenvalue weighted by Crippen LogP contribution is 2.20. The molecular formula is C23H30N4O5. The summed E-state index contributed by atoms with van der Waals surface area (Å²) >= 11 is 0. The average Bonchev–Trinajstić information content (AvgIpc) is 2.80. The monoisotopic (exact) mass is 442 g/mol. The molecule has 1 N–H and O–H groups in total. The van der Waals surface area contributed by atoms with Crippen LogP contribution in [0.1, 0.15) is 39.7 Å². The van der Waals surface area contributed by atoms with E-state index in [1.54, 1.807) is 24.8 Å². The standard InChI is InChI=1S/C23H30N4O5/c1-4-31-19-8-6-17(7-9-19)20-10-11-21(28)27(25-20)16(3)22(29)24-18-12-14-26(15-13-18)23(30)32-5-2/h6-11,16,18H,4-5,12-15H2,1-3H3,(H,24,29). The van der Waals surface area contributed by atoms with Gasteiger partial charge in [0.15, 0.2) is 0 Å². The van der Waals surface area contributed by atoms with Gasteiger partial charge in [-0.05, 0) is 63.9 Å². The lowest BCUT2D eigenvalue weighted by atomic mass is 10.0. The van der Waals surface area contributed by atoms with Crippen molar-refractivity contribution in [2.45, 2.75) is 45.7 Å². The zero-order valence-corrected chi connectivity index (χ0v) is 18.7. The van der Waals surface area contributed by atoms with E-state index < -0.39 is 6.04 Å². The van der Waals surface area contributed by atoms with E-state index in [4.69, 9.17) is 9.47 Å². The second-order valence-corrected chi connectivity index (χ2v) is 7.60. The van der Waals surface area contributed by atoms with Gasteiger partial charge < -0.3 is 19.7 Å². The van der Waals surface area contributed by atoms with Crippen molar-refractivity contribution < 1.29 is 19.1 Å². The van der Waals surface area contributed by atoms with Crippen molar-refractivity contribution in [3.05, 3.63) is 46.8 Å². The van der Waals surface area contributed by atoms with Gasteiger partial charge in [0.2, 0.25) is 5.91 Å². The second kappa shape index (κ2) is 10.8. The molecule has 0 aliphatic carbocycles. The molecule has 2 aromatic rings. The number of carbonyl (C=O) groups is 2. The SMILES string of the molecule is CCOC(=O)N1CCC(NC(=O)C(C)n2nc(-c3ccc(OCC)cc3)ccc2=O)CC1. The lowest BCUT2D eigenvalue weighted by Crippen LogP contribution is -2.48. The highest BCUT2D eigenvalue weighted by molar-refractivity contribution is 5.80. The number of nitrogens with zero attached hydrogens (tertiary/aromatic N) is 3. The molecule has 2 heterocycles. The third-order valence-corrected chi connectivity index (χ3v) is 5.40. The first-order chi connectivity index (χ1) is 15.4. The van der Waals surface area contributed by atoms with E-state index in [0.29, 0.717) is 44.8 Å². The van der Waals surface area contributed by atoms with E-state index in [1.165, 1.54) is 10.7 Å². The van der Waals surface area contributed by atoms with Crippen molar-refractivity contribution in [1.82, 2.24) is 20.0 Å². The minimum absolute atomic E-state index is 0.0689. The van der Waals surface area contributed by atoms with Gasteiger partial charge in [-0.1, -0.05) is 0 Å². The molecule has 1 aromatic carbocycles. The summed E-state index contributed by atoms with van der Waals surface area (Å²) in [6, 6.07) is 9.64. The normalized spacial score (nSPS) is 15.2. The molecule has 172 valence electrons. The molecule has 0 saturated carbocycles. The Balaban J connectivity index is 1.65. The lowest BCUT2D eigenvalue weighted by Gasteiger charge is -2.32. The Morgan fingerprint density at radius 3 is 2.41 bits per heavy atom. The predicted molar refractivity (Wildman–Crippen MR) is 120 cm³/mol. The van der Waals surface area contributed by atoms with Crippen LogP contribution in [0.4, 0.5) is 4.79 Å². The highest BCUT2D eigenvalue weighted by atomic mass is 16.6.